The quantitative estimate of drug-likeness (QED) is 0.526. The number of pyridine rings is 1. The molecule has 188 valence electrons. The molecule has 2 aliphatic carbocycles. The van der Waals surface area contributed by atoms with Crippen molar-refractivity contribution in [3.05, 3.63) is 35.8 Å². The number of carbonyl (C=O) groups excluding carboxylic acids is 2. The third kappa shape index (κ3) is 5.47. The van der Waals surface area contributed by atoms with Crippen LogP contribution in [0.2, 0.25) is 0 Å². The first-order chi connectivity index (χ1) is 16.7. The molecular formula is C25H35N7O3. The van der Waals surface area contributed by atoms with Crippen molar-refractivity contribution in [2.75, 3.05) is 11.9 Å². The Balaban J connectivity index is 1.28. The Morgan fingerprint density at radius 2 is 2.00 bits per heavy atom. The summed E-state index contributed by atoms with van der Waals surface area (Å²) >= 11 is 0. The molecule has 3 atom stereocenters. The lowest BCUT2D eigenvalue weighted by atomic mass is 9.85. The van der Waals surface area contributed by atoms with E-state index in [-0.39, 0.29) is 24.8 Å². The Bertz CT molecular complexity index is 1090. The molecule has 1 aliphatic heterocycles. The van der Waals surface area contributed by atoms with E-state index in [9.17, 15) is 14.7 Å². The monoisotopic (exact) mass is 481 g/mol. The average molecular weight is 482 g/mol. The zero-order valence-electron chi connectivity index (χ0n) is 20.6. The molecule has 3 fully saturated rings. The summed E-state index contributed by atoms with van der Waals surface area (Å²) in [5.41, 5.74) is 1.38. The topological polar surface area (TPSA) is 125 Å². The van der Waals surface area contributed by atoms with E-state index in [1.807, 2.05) is 39.1 Å². The number of carbonyl (C=O) groups is 2. The number of β-amino-alcohol motifs (C(OH)–C–C–N with tert-alkyl or cyclic N) is 1. The first-order valence-corrected chi connectivity index (χ1v) is 12.6. The van der Waals surface area contributed by atoms with Crippen molar-refractivity contribution in [2.45, 2.75) is 89.6 Å². The number of anilines is 1. The highest BCUT2D eigenvalue weighted by atomic mass is 16.3. The van der Waals surface area contributed by atoms with Crippen molar-refractivity contribution in [3.8, 4) is 0 Å². The number of amides is 2. The average Bonchev–Trinajstić information content (AvgIpc) is 3.73. The van der Waals surface area contributed by atoms with Crippen LogP contribution in [0.15, 0.2) is 24.5 Å². The van der Waals surface area contributed by atoms with Crippen molar-refractivity contribution in [2.24, 2.45) is 5.41 Å². The second-order valence-corrected chi connectivity index (χ2v) is 11.2. The largest absolute Gasteiger partial charge is 0.391 e. The van der Waals surface area contributed by atoms with Crippen LogP contribution in [0.25, 0.3) is 0 Å². The Hall–Kier alpha value is -3.01. The molecule has 3 heterocycles. The molecule has 1 saturated heterocycles. The molecule has 2 saturated carbocycles. The molecule has 2 amide bonds. The van der Waals surface area contributed by atoms with Gasteiger partial charge in [0, 0.05) is 43.9 Å². The second kappa shape index (κ2) is 9.22. The van der Waals surface area contributed by atoms with Crippen LogP contribution in [0.4, 0.5) is 5.82 Å². The molecular weight excluding hydrogens is 446 g/mol. The van der Waals surface area contributed by atoms with E-state index in [0.717, 1.165) is 42.8 Å². The first kappa shape index (κ1) is 23.7. The van der Waals surface area contributed by atoms with Crippen LogP contribution in [-0.4, -0.2) is 66.5 Å². The van der Waals surface area contributed by atoms with Gasteiger partial charge in [0.15, 0.2) is 0 Å². The molecule has 0 bridgehead atoms. The van der Waals surface area contributed by atoms with Gasteiger partial charge in [0.25, 0.3) is 0 Å². The molecule has 2 aromatic rings. The lowest BCUT2D eigenvalue weighted by molar-refractivity contribution is -0.144. The minimum atomic E-state index is -0.747. The highest BCUT2D eigenvalue weighted by Gasteiger charge is 2.45. The summed E-state index contributed by atoms with van der Waals surface area (Å²) in [5, 5.41) is 25.3. The minimum absolute atomic E-state index is 0.123. The molecule has 5 rings (SSSR count). The fraction of sp³-hybridized carbons (Fsp3) is 0.640. The van der Waals surface area contributed by atoms with Gasteiger partial charge in [0.1, 0.15) is 17.9 Å². The number of nitrogens with zero attached hydrogens (tertiary/aromatic N) is 5. The number of hydrogen-bond donors (Lipinski definition) is 3. The fourth-order valence-corrected chi connectivity index (χ4v) is 4.73. The maximum Gasteiger partial charge on any atom is 0.248 e. The van der Waals surface area contributed by atoms with Gasteiger partial charge in [-0.2, -0.15) is 0 Å². The number of rotatable bonds is 8. The van der Waals surface area contributed by atoms with Gasteiger partial charge in [-0.15, -0.1) is 5.10 Å². The summed E-state index contributed by atoms with van der Waals surface area (Å²) in [6, 6.07) is 2.93. The molecule has 3 aliphatic rings. The van der Waals surface area contributed by atoms with Crippen LogP contribution in [-0.2, 0) is 16.1 Å². The lowest BCUT2D eigenvalue weighted by Crippen LogP contribution is -2.50. The summed E-state index contributed by atoms with van der Waals surface area (Å²) < 4.78 is 1.64. The van der Waals surface area contributed by atoms with Crippen molar-refractivity contribution >= 4 is 17.6 Å². The zero-order valence-corrected chi connectivity index (χ0v) is 20.6. The molecule has 0 spiro atoms. The van der Waals surface area contributed by atoms with Crippen LogP contribution >= 0.6 is 0 Å². The van der Waals surface area contributed by atoms with Gasteiger partial charge in [-0.05, 0) is 48.8 Å². The maximum atomic E-state index is 13.8. The molecule has 2 unspecified atom stereocenters. The Morgan fingerprint density at radius 1 is 1.23 bits per heavy atom. The molecule has 10 heteroatoms. The highest BCUT2D eigenvalue weighted by Crippen LogP contribution is 2.40. The van der Waals surface area contributed by atoms with Gasteiger partial charge in [-0.3, -0.25) is 9.59 Å². The number of aliphatic hydroxyl groups is 1. The molecule has 2 aromatic heterocycles. The maximum absolute atomic E-state index is 13.8. The lowest BCUT2D eigenvalue weighted by Gasteiger charge is -2.34. The zero-order chi connectivity index (χ0) is 24.7. The SMILES string of the molecule is CC(C)(C)[C@@H](C(=O)N1CC(O)CC1C(=O)NCc1ccnc(NC2CC2)c1)n1cc(C2CC2)nn1. The third-order valence-electron chi connectivity index (χ3n) is 6.93. The third-order valence-corrected chi connectivity index (χ3v) is 6.93. The summed E-state index contributed by atoms with van der Waals surface area (Å²) in [4.78, 5) is 32.8. The smallest absolute Gasteiger partial charge is 0.248 e. The van der Waals surface area contributed by atoms with Gasteiger partial charge in [-0.25, -0.2) is 9.67 Å². The summed E-state index contributed by atoms with van der Waals surface area (Å²) in [7, 11) is 0. The summed E-state index contributed by atoms with van der Waals surface area (Å²) in [6.45, 7) is 6.38. The summed E-state index contributed by atoms with van der Waals surface area (Å²) in [5.74, 6) is 0.744. The van der Waals surface area contributed by atoms with Crippen molar-refractivity contribution < 1.29 is 14.7 Å². The van der Waals surface area contributed by atoms with Gasteiger partial charge >= 0.3 is 0 Å². The van der Waals surface area contributed by atoms with Crippen LogP contribution in [0.5, 0.6) is 0 Å². The van der Waals surface area contributed by atoms with Crippen molar-refractivity contribution in [1.82, 2.24) is 30.2 Å². The van der Waals surface area contributed by atoms with Gasteiger partial charge in [0.05, 0.1) is 11.8 Å². The van der Waals surface area contributed by atoms with E-state index < -0.39 is 23.6 Å². The van der Waals surface area contributed by atoms with Crippen LogP contribution in [0.3, 0.4) is 0 Å². The van der Waals surface area contributed by atoms with E-state index in [1.165, 1.54) is 4.90 Å². The first-order valence-electron chi connectivity index (χ1n) is 12.6. The Morgan fingerprint density at radius 3 is 2.69 bits per heavy atom. The number of aliphatic hydroxyl groups excluding tert-OH is 1. The van der Waals surface area contributed by atoms with E-state index in [2.05, 4.69) is 25.9 Å². The van der Waals surface area contributed by atoms with Gasteiger partial charge in [-0.1, -0.05) is 26.0 Å². The standard InChI is InChI=1S/C25H35N7O3/c1-25(2,3)22(32-14-19(29-30-32)16-4-5-16)24(35)31-13-18(33)11-20(31)23(34)27-12-15-8-9-26-21(10-15)28-17-6-7-17/h8-10,14,16-18,20,22,33H,4-7,11-13H2,1-3H3,(H,26,28)(H,27,34)/t18?,20?,22-/m1/s1. The summed E-state index contributed by atoms with van der Waals surface area (Å²) in [6.07, 6.45) is 7.57. The van der Waals surface area contributed by atoms with E-state index in [1.54, 1.807) is 10.9 Å². The normalized spacial score (nSPS) is 23.3. The second-order valence-electron chi connectivity index (χ2n) is 11.2. The van der Waals surface area contributed by atoms with Crippen LogP contribution < -0.4 is 10.6 Å². The van der Waals surface area contributed by atoms with Crippen molar-refractivity contribution in [1.29, 1.82) is 0 Å². The van der Waals surface area contributed by atoms with E-state index in [0.29, 0.717) is 18.5 Å². The van der Waals surface area contributed by atoms with Crippen LogP contribution in [0, 0.1) is 5.41 Å². The molecule has 35 heavy (non-hydrogen) atoms. The number of nitrogens with one attached hydrogen (secondary N) is 2. The van der Waals surface area contributed by atoms with Gasteiger partial charge < -0.3 is 20.6 Å². The van der Waals surface area contributed by atoms with Crippen LogP contribution in [0.1, 0.15) is 76.1 Å². The molecule has 10 nitrogen and oxygen atoms in total. The number of likely N-dealkylation sites (tertiary alicyclic amines) is 1. The number of hydrogen-bond acceptors (Lipinski definition) is 7. The van der Waals surface area contributed by atoms with Gasteiger partial charge in [0.2, 0.25) is 11.8 Å². The van der Waals surface area contributed by atoms with E-state index >= 15 is 0 Å². The number of aromatic nitrogens is 4. The Labute approximate surface area is 205 Å². The predicted molar refractivity (Wildman–Crippen MR) is 129 cm³/mol. The highest BCUT2D eigenvalue weighted by molar-refractivity contribution is 5.90. The minimum Gasteiger partial charge on any atom is -0.391 e. The predicted octanol–water partition coefficient (Wildman–Crippen LogP) is 1.99. The molecule has 0 aromatic carbocycles. The molecule has 0 radical (unpaired) electrons. The Kier molecular flexibility index (Phi) is 6.25. The van der Waals surface area contributed by atoms with Crippen molar-refractivity contribution in [3.63, 3.8) is 0 Å². The molecule has 3 N–H and O–H groups in total. The van der Waals surface area contributed by atoms with E-state index in [4.69, 9.17) is 0 Å². The fourth-order valence-electron chi connectivity index (χ4n) is 4.73.